The lowest BCUT2D eigenvalue weighted by molar-refractivity contribution is -0.135. The van der Waals surface area contributed by atoms with Gasteiger partial charge in [-0.25, -0.2) is 0 Å². The number of pyridine rings is 1. The molecule has 1 aromatic rings. The average molecular weight is 316 g/mol. The van der Waals surface area contributed by atoms with E-state index in [1.54, 1.807) is 20.9 Å². The molecule has 2 saturated heterocycles. The molecule has 0 radical (unpaired) electrons. The van der Waals surface area contributed by atoms with Crippen molar-refractivity contribution >= 4 is 17.7 Å². The first-order chi connectivity index (χ1) is 11.1. The molecule has 0 aliphatic carbocycles. The van der Waals surface area contributed by atoms with Gasteiger partial charge in [0.2, 0.25) is 17.7 Å². The summed E-state index contributed by atoms with van der Waals surface area (Å²) in [6.07, 6.45) is 1.90. The van der Waals surface area contributed by atoms with Crippen LogP contribution in [0.2, 0.25) is 0 Å². The Morgan fingerprint density at radius 2 is 2.09 bits per heavy atom. The molecular formula is C16H20N4O3. The molecule has 7 nitrogen and oxygen atoms in total. The number of nitrogens with zero attached hydrogens (tertiary/aromatic N) is 4. The molecule has 7 heteroatoms. The summed E-state index contributed by atoms with van der Waals surface area (Å²) in [7, 11) is 0. The minimum atomic E-state index is -0.365. The Hall–Kier alpha value is -2.44. The highest BCUT2D eigenvalue weighted by atomic mass is 16.2. The standard InChI is InChI=1S/C16H20N4O3/c1-2-18-11-20(10-15(18)22)16(23)12-7-14(21)19(8-12)9-13-5-3-4-6-17-13/h3-6,12H,2,7-11H2,1H3. The second kappa shape index (κ2) is 6.36. The lowest BCUT2D eigenvalue weighted by Gasteiger charge is -2.20. The molecular weight excluding hydrogens is 296 g/mol. The minimum Gasteiger partial charge on any atom is -0.336 e. The Labute approximate surface area is 134 Å². The number of hydrogen-bond acceptors (Lipinski definition) is 4. The van der Waals surface area contributed by atoms with Gasteiger partial charge in [0.25, 0.3) is 0 Å². The zero-order valence-electron chi connectivity index (χ0n) is 13.1. The van der Waals surface area contributed by atoms with Gasteiger partial charge in [-0.3, -0.25) is 19.4 Å². The maximum atomic E-state index is 12.6. The van der Waals surface area contributed by atoms with Gasteiger partial charge in [0.15, 0.2) is 0 Å². The number of aromatic nitrogens is 1. The van der Waals surface area contributed by atoms with E-state index in [2.05, 4.69) is 4.98 Å². The van der Waals surface area contributed by atoms with E-state index in [1.165, 1.54) is 0 Å². The van der Waals surface area contributed by atoms with Gasteiger partial charge in [0.05, 0.1) is 24.8 Å². The average Bonchev–Trinajstić information content (AvgIpc) is 3.11. The predicted molar refractivity (Wildman–Crippen MR) is 81.7 cm³/mol. The Balaban J connectivity index is 1.61. The van der Waals surface area contributed by atoms with E-state index in [9.17, 15) is 14.4 Å². The van der Waals surface area contributed by atoms with Crippen LogP contribution in [0, 0.1) is 5.92 Å². The second-order valence-corrected chi connectivity index (χ2v) is 5.92. The van der Waals surface area contributed by atoms with Crippen LogP contribution in [-0.2, 0) is 20.9 Å². The van der Waals surface area contributed by atoms with Gasteiger partial charge < -0.3 is 14.7 Å². The maximum Gasteiger partial charge on any atom is 0.243 e. The Kier molecular flexibility index (Phi) is 4.27. The Morgan fingerprint density at radius 1 is 1.26 bits per heavy atom. The lowest BCUT2D eigenvalue weighted by atomic mass is 10.1. The van der Waals surface area contributed by atoms with E-state index in [-0.39, 0.29) is 36.6 Å². The topological polar surface area (TPSA) is 73.8 Å². The number of carbonyl (C=O) groups excluding carboxylic acids is 3. The molecule has 2 fully saturated rings. The van der Waals surface area contributed by atoms with Crippen LogP contribution in [0.1, 0.15) is 19.0 Å². The second-order valence-electron chi connectivity index (χ2n) is 5.92. The molecule has 1 atom stereocenters. The first kappa shape index (κ1) is 15.5. The van der Waals surface area contributed by atoms with Gasteiger partial charge in [-0.05, 0) is 19.1 Å². The highest BCUT2D eigenvalue weighted by molar-refractivity contribution is 5.93. The van der Waals surface area contributed by atoms with Crippen LogP contribution in [0.25, 0.3) is 0 Å². The van der Waals surface area contributed by atoms with Crippen LogP contribution >= 0.6 is 0 Å². The highest BCUT2D eigenvalue weighted by Crippen LogP contribution is 2.23. The van der Waals surface area contributed by atoms with E-state index in [1.807, 2.05) is 25.1 Å². The minimum absolute atomic E-state index is 0.0319. The smallest absolute Gasteiger partial charge is 0.243 e. The molecule has 1 aromatic heterocycles. The van der Waals surface area contributed by atoms with Crippen LogP contribution in [-0.4, -0.2) is 63.7 Å². The number of likely N-dealkylation sites (N-methyl/N-ethyl adjacent to an activating group) is 1. The van der Waals surface area contributed by atoms with Gasteiger partial charge in [-0.15, -0.1) is 0 Å². The highest BCUT2D eigenvalue weighted by Gasteiger charge is 2.39. The summed E-state index contributed by atoms with van der Waals surface area (Å²) in [5, 5.41) is 0. The van der Waals surface area contributed by atoms with Crippen LogP contribution in [0.3, 0.4) is 0 Å². The third-order valence-corrected chi connectivity index (χ3v) is 4.36. The van der Waals surface area contributed by atoms with E-state index < -0.39 is 0 Å². The lowest BCUT2D eigenvalue weighted by Crippen LogP contribution is -2.37. The van der Waals surface area contributed by atoms with Gasteiger partial charge in [-0.1, -0.05) is 6.07 Å². The summed E-state index contributed by atoms with van der Waals surface area (Å²) in [6, 6.07) is 5.56. The fourth-order valence-corrected chi connectivity index (χ4v) is 3.06. The number of hydrogen-bond donors (Lipinski definition) is 0. The first-order valence-electron chi connectivity index (χ1n) is 7.82. The molecule has 0 spiro atoms. The van der Waals surface area contributed by atoms with Crippen molar-refractivity contribution in [2.24, 2.45) is 5.92 Å². The summed E-state index contributed by atoms with van der Waals surface area (Å²) >= 11 is 0. The zero-order chi connectivity index (χ0) is 16.4. The summed E-state index contributed by atoms with van der Waals surface area (Å²) in [4.78, 5) is 45.5. The van der Waals surface area contributed by atoms with Crippen LogP contribution < -0.4 is 0 Å². The molecule has 0 aromatic carbocycles. The van der Waals surface area contributed by atoms with Gasteiger partial charge in [0.1, 0.15) is 6.54 Å². The van der Waals surface area contributed by atoms with Crippen molar-refractivity contribution in [1.29, 1.82) is 0 Å². The molecule has 2 aliphatic rings. The Morgan fingerprint density at radius 3 is 2.74 bits per heavy atom. The molecule has 0 N–H and O–H groups in total. The van der Waals surface area contributed by atoms with Crippen LogP contribution in [0.15, 0.2) is 24.4 Å². The fraction of sp³-hybridized carbons (Fsp3) is 0.500. The van der Waals surface area contributed by atoms with E-state index in [4.69, 9.17) is 0 Å². The van der Waals surface area contributed by atoms with Crippen molar-refractivity contribution in [3.8, 4) is 0 Å². The van der Waals surface area contributed by atoms with Crippen molar-refractivity contribution in [3.05, 3.63) is 30.1 Å². The van der Waals surface area contributed by atoms with Crippen molar-refractivity contribution < 1.29 is 14.4 Å². The fourth-order valence-electron chi connectivity index (χ4n) is 3.06. The number of amides is 3. The molecule has 23 heavy (non-hydrogen) atoms. The predicted octanol–water partition coefficient (Wildman–Crippen LogP) is 0.0783. The van der Waals surface area contributed by atoms with Crippen LogP contribution in [0.4, 0.5) is 0 Å². The molecule has 3 rings (SSSR count). The largest absolute Gasteiger partial charge is 0.336 e. The Bertz CT molecular complexity index is 619. The maximum absolute atomic E-state index is 12.6. The van der Waals surface area contributed by atoms with Crippen LogP contribution in [0.5, 0.6) is 0 Å². The monoisotopic (exact) mass is 316 g/mol. The molecule has 3 heterocycles. The quantitative estimate of drug-likeness (QED) is 0.788. The summed E-state index contributed by atoms with van der Waals surface area (Å²) in [5.41, 5.74) is 0.808. The molecule has 1 unspecified atom stereocenters. The van der Waals surface area contributed by atoms with Crippen molar-refractivity contribution in [3.63, 3.8) is 0 Å². The van der Waals surface area contributed by atoms with E-state index in [0.717, 1.165) is 5.69 Å². The number of likely N-dealkylation sites (tertiary alicyclic amines) is 1. The van der Waals surface area contributed by atoms with Crippen molar-refractivity contribution in [2.75, 3.05) is 26.3 Å². The number of carbonyl (C=O) groups is 3. The third kappa shape index (κ3) is 3.18. The summed E-state index contributed by atoms with van der Waals surface area (Å²) in [6.45, 7) is 3.75. The molecule has 122 valence electrons. The van der Waals surface area contributed by atoms with Gasteiger partial charge in [0, 0.05) is 25.7 Å². The van der Waals surface area contributed by atoms with Gasteiger partial charge >= 0.3 is 0 Å². The molecule has 3 amide bonds. The van der Waals surface area contributed by atoms with Gasteiger partial charge in [-0.2, -0.15) is 0 Å². The van der Waals surface area contributed by atoms with Crippen molar-refractivity contribution in [1.82, 2.24) is 19.7 Å². The normalized spacial score (nSPS) is 21.4. The van der Waals surface area contributed by atoms with E-state index in [0.29, 0.717) is 26.3 Å². The van der Waals surface area contributed by atoms with Crippen molar-refractivity contribution in [2.45, 2.75) is 19.9 Å². The molecule has 0 saturated carbocycles. The molecule has 2 aliphatic heterocycles. The summed E-state index contributed by atoms with van der Waals surface area (Å²) < 4.78 is 0. The van der Waals surface area contributed by atoms with E-state index >= 15 is 0 Å². The SMILES string of the molecule is CCN1CN(C(=O)C2CC(=O)N(Cc3ccccn3)C2)CC1=O. The molecule has 0 bridgehead atoms. The number of rotatable bonds is 4. The zero-order valence-corrected chi connectivity index (χ0v) is 13.1. The summed E-state index contributed by atoms with van der Waals surface area (Å²) in [5.74, 6) is -0.538. The first-order valence-corrected chi connectivity index (χ1v) is 7.82. The third-order valence-electron chi connectivity index (χ3n) is 4.36.